The number of aliphatic hydroxyl groups is 1. The molecule has 0 amide bonds. The van der Waals surface area contributed by atoms with Crippen molar-refractivity contribution in [1.82, 2.24) is 9.97 Å². The van der Waals surface area contributed by atoms with Gasteiger partial charge in [-0.25, -0.2) is 9.97 Å². The normalized spacial score (nSPS) is 10.5. The van der Waals surface area contributed by atoms with Crippen molar-refractivity contribution < 1.29 is 5.11 Å². The topological polar surface area (TPSA) is 61.3 Å². The fraction of sp³-hybridized carbons (Fsp3) is 0.714. The van der Waals surface area contributed by atoms with E-state index in [4.69, 9.17) is 5.11 Å². The lowest BCUT2D eigenvalue weighted by Crippen LogP contribution is -2.21. The number of nitrogens with one attached hydrogen (secondary N) is 1. The molecule has 0 spiro atoms. The number of aromatic nitrogens is 2. The van der Waals surface area contributed by atoms with Crippen molar-refractivity contribution in [2.24, 2.45) is 0 Å². The Labute approximate surface area is 116 Å². The van der Waals surface area contributed by atoms with Crippen LogP contribution in [0.5, 0.6) is 0 Å². The number of hydrogen-bond donors (Lipinski definition) is 2. The SMILES string of the molecule is CCCNc1ncnc(N(C)CCCCCO)c1C. The van der Waals surface area contributed by atoms with E-state index in [0.717, 1.165) is 56.0 Å². The highest BCUT2D eigenvalue weighted by Crippen LogP contribution is 2.21. The summed E-state index contributed by atoms with van der Waals surface area (Å²) >= 11 is 0. The largest absolute Gasteiger partial charge is 0.396 e. The molecule has 0 saturated carbocycles. The Morgan fingerprint density at radius 1 is 1.26 bits per heavy atom. The molecule has 1 aromatic heterocycles. The number of nitrogens with zero attached hydrogens (tertiary/aromatic N) is 3. The Bertz CT molecular complexity index is 370. The van der Waals surface area contributed by atoms with Gasteiger partial charge in [0.05, 0.1) is 0 Å². The molecule has 5 heteroatoms. The molecule has 0 aliphatic rings. The van der Waals surface area contributed by atoms with E-state index in [-0.39, 0.29) is 6.61 Å². The van der Waals surface area contributed by atoms with Crippen molar-refractivity contribution in [3.05, 3.63) is 11.9 Å². The molecular weight excluding hydrogens is 240 g/mol. The third kappa shape index (κ3) is 5.03. The zero-order chi connectivity index (χ0) is 14.1. The predicted molar refractivity (Wildman–Crippen MR) is 79.8 cm³/mol. The van der Waals surface area contributed by atoms with Crippen molar-refractivity contribution in [2.75, 3.05) is 37.0 Å². The molecule has 1 heterocycles. The van der Waals surface area contributed by atoms with Crippen LogP contribution in [0.3, 0.4) is 0 Å². The van der Waals surface area contributed by atoms with Crippen LogP contribution in [0, 0.1) is 6.92 Å². The summed E-state index contributed by atoms with van der Waals surface area (Å²) in [4.78, 5) is 10.8. The summed E-state index contributed by atoms with van der Waals surface area (Å²) in [5.74, 6) is 1.91. The summed E-state index contributed by atoms with van der Waals surface area (Å²) in [6.07, 6.45) is 5.68. The van der Waals surface area contributed by atoms with Crippen molar-refractivity contribution >= 4 is 11.6 Å². The van der Waals surface area contributed by atoms with Crippen molar-refractivity contribution in [2.45, 2.75) is 39.5 Å². The van der Waals surface area contributed by atoms with Crippen molar-refractivity contribution in [3.8, 4) is 0 Å². The highest BCUT2D eigenvalue weighted by Gasteiger charge is 2.10. The Balaban J connectivity index is 2.60. The van der Waals surface area contributed by atoms with Crippen LogP contribution < -0.4 is 10.2 Å². The van der Waals surface area contributed by atoms with Gasteiger partial charge in [0.15, 0.2) is 0 Å². The van der Waals surface area contributed by atoms with Crippen LogP contribution in [0.15, 0.2) is 6.33 Å². The predicted octanol–water partition coefficient (Wildman–Crippen LogP) is 2.21. The van der Waals surface area contributed by atoms with Crippen LogP contribution in [-0.2, 0) is 0 Å². The van der Waals surface area contributed by atoms with E-state index < -0.39 is 0 Å². The second kappa shape index (κ2) is 8.69. The summed E-state index contributed by atoms with van der Waals surface area (Å²) in [5, 5.41) is 12.1. The Hall–Kier alpha value is -1.36. The highest BCUT2D eigenvalue weighted by atomic mass is 16.2. The molecule has 0 aliphatic carbocycles. The second-order valence-electron chi connectivity index (χ2n) is 4.80. The van der Waals surface area contributed by atoms with E-state index in [1.165, 1.54) is 0 Å². The van der Waals surface area contributed by atoms with Crippen LogP contribution in [0.1, 0.15) is 38.2 Å². The van der Waals surface area contributed by atoms with Gasteiger partial charge in [0.25, 0.3) is 0 Å². The summed E-state index contributed by atoms with van der Waals surface area (Å²) in [6, 6.07) is 0. The van der Waals surface area contributed by atoms with Gasteiger partial charge in [-0.1, -0.05) is 6.92 Å². The second-order valence-corrected chi connectivity index (χ2v) is 4.80. The molecule has 108 valence electrons. The van der Waals surface area contributed by atoms with Gasteiger partial charge in [-0.15, -0.1) is 0 Å². The molecule has 0 saturated heterocycles. The average Bonchev–Trinajstić information content (AvgIpc) is 2.42. The van der Waals surface area contributed by atoms with E-state index in [0.29, 0.717) is 0 Å². The maximum atomic E-state index is 8.77. The van der Waals surface area contributed by atoms with Gasteiger partial charge < -0.3 is 15.3 Å². The van der Waals surface area contributed by atoms with Crippen LogP contribution in [0.25, 0.3) is 0 Å². The first-order valence-electron chi connectivity index (χ1n) is 7.08. The van der Waals surface area contributed by atoms with Crippen LogP contribution in [0.4, 0.5) is 11.6 Å². The zero-order valence-electron chi connectivity index (χ0n) is 12.3. The quantitative estimate of drug-likeness (QED) is 0.671. The van der Waals surface area contributed by atoms with Crippen LogP contribution >= 0.6 is 0 Å². The number of anilines is 2. The monoisotopic (exact) mass is 266 g/mol. The van der Waals surface area contributed by atoms with E-state index in [2.05, 4.69) is 41.1 Å². The van der Waals surface area contributed by atoms with E-state index in [1.807, 2.05) is 0 Å². The third-order valence-electron chi connectivity index (χ3n) is 3.11. The molecule has 0 fully saturated rings. The number of hydrogen-bond acceptors (Lipinski definition) is 5. The van der Waals surface area contributed by atoms with E-state index >= 15 is 0 Å². The lowest BCUT2D eigenvalue weighted by Gasteiger charge is -2.21. The van der Waals surface area contributed by atoms with Gasteiger partial charge in [0, 0.05) is 32.3 Å². The maximum absolute atomic E-state index is 8.77. The van der Waals surface area contributed by atoms with Gasteiger partial charge in [0.1, 0.15) is 18.0 Å². The summed E-state index contributed by atoms with van der Waals surface area (Å²) in [7, 11) is 2.05. The number of unbranched alkanes of at least 4 members (excludes halogenated alkanes) is 2. The zero-order valence-corrected chi connectivity index (χ0v) is 12.3. The first-order valence-corrected chi connectivity index (χ1v) is 7.08. The average molecular weight is 266 g/mol. The molecule has 1 rings (SSSR count). The van der Waals surface area contributed by atoms with Gasteiger partial charge in [0.2, 0.25) is 0 Å². The van der Waals surface area contributed by atoms with Gasteiger partial charge in [-0.2, -0.15) is 0 Å². The lowest BCUT2D eigenvalue weighted by molar-refractivity contribution is 0.283. The van der Waals surface area contributed by atoms with Gasteiger partial charge in [-0.05, 0) is 32.6 Å². The minimum absolute atomic E-state index is 0.279. The highest BCUT2D eigenvalue weighted by molar-refractivity contribution is 5.57. The minimum atomic E-state index is 0.279. The summed E-state index contributed by atoms with van der Waals surface area (Å²) in [5.41, 5.74) is 1.10. The third-order valence-corrected chi connectivity index (χ3v) is 3.11. The molecule has 0 atom stereocenters. The first-order chi connectivity index (χ1) is 9.20. The van der Waals surface area contributed by atoms with Crippen molar-refractivity contribution in [1.29, 1.82) is 0 Å². The molecule has 2 N–H and O–H groups in total. The number of rotatable bonds is 9. The van der Waals surface area contributed by atoms with Gasteiger partial charge in [-0.3, -0.25) is 0 Å². The number of aliphatic hydroxyl groups excluding tert-OH is 1. The maximum Gasteiger partial charge on any atom is 0.136 e. The minimum Gasteiger partial charge on any atom is -0.396 e. The lowest BCUT2D eigenvalue weighted by atomic mass is 10.2. The molecule has 0 aliphatic heterocycles. The molecule has 0 radical (unpaired) electrons. The van der Waals surface area contributed by atoms with E-state index in [9.17, 15) is 0 Å². The molecule has 1 aromatic rings. The fourth-order valence-electron chi connectivity index (χ4n) is 1.99. The Kier molecular flexibility index (Phi) is 7.18. The van der Waals surface area contributed by atoms with Crippen molar-refractivity contribution in [3.63, 3.8) is 0 Å². The Morgan fingerprint density at radius 3 is 2.74 bits per heavy atom. The fourth-order valence-corrected chi connectivity index (χ4v) is 1.99. The standard InChI is InChI=1S/C14H26N4O/c1-4-8-15-13-12(2)14(17-11-16-13)18(3)9-6-5-7-10-19/h11,19H,4-10H2,1-3H3,(H,15,16,17). The van der Waals surface area contributed by atoms with Gasteiger partial charge >= 0.3 is 0 Å². The first kappa shape index (κ1) is 15.7. The molecule has 19 heavy (non-hydrogen) atoms. The van der Waals surface area contributed by atoms with Crippen LogP contribution in [0.2, 0.25) is 0 Å². The molecule has 5 nitrogen and oxygen atoms in total. The van der Waals surface area contributed by atoms with E-state index in [1.54, 1.807) is 6.33 Å². The molecular formula is C14H26N4O. The molecule has 0 unspecified atom stereocenters. The summed E-state index contributed by atoms with van der Waals surface area (Å²) in [6.45, 7) is 6.35. The molecule has 0 aromatic carbocycles. The Morgan fingerprint density at radius 2 is 2.05 bits per heavy atom. The van der Waals surface area contributed by atoms with Crippen LogP contribution in [-0.4, -0.2) is 41.8 Å². The summed E-state index contributed by atoms with van der Waals surface area (Å²) < 4.78 is 0. The smallest absolute Gasteiger partial charge is 0.136 e. The molecule has 0 bridgehead atoms.